The highest BCUT2D eigenvalue weighted by Crippen LogP contribution is 2.02. The molecule has 7 heteroatoms. The first-order valence-electron chi connectivity index (χ1n) is 6.57. The van der Waals surface area contributed by atoms with Gasteiger partial charge >= 0.3 is 6.03 Å². The smallest absolute Gasteiger partial charge is 0.315 e. The Morgan fingerprint density at radius 2 is 2.32 bits per heavy atom. The molecule has 7 nitrogen and oxygen atoms in total. The summed E-state index contributed by atoms with van der Waals surface area (Å²) in [4.78, 5) is 13.9. The summed E-state index contributed by atoms with van der Waals surface area (Å²) in [5, 5.41) is 12.3. The van der Waals surface area contributed by atoms with Crippen LogP contribution in [0.4, 0.5) is 4.79 Å². The van der Waals surface area contributed by atoms with Crippen molar-refractivity contribution in [3.8, 4) is 0 Å². The molecule has 0 saturated carbocycles. The molecule has 3 N–H and O–H groups in total. The summed E-state index contributed by atoms with van der Waals surface area (Å²) >= 11 is 0. The molecule has 2 rings (SSSR count). The summed E-state index contributed by atoms with van der Waals surface area (Å²) in [5.41, 5.74) is 0.886. The SMILES string of the molecule is CC(CNC(=O)NCc1ccn[nH]1)N1CCOCC1. The third-order valence-electron chi connectivity index (χ3n) is 3.22. The average molecular weight is 267 g/mol. The zero-order valence-electron chi connectivity index (χ0n) is 11.2. The minimum Gasteiger partial charge on any atom is -0.379 e. The molecule has 2 heterocycles. The second-order valence-corrected chi connectivity index (χ2v) is 4.64. The Hall–Kier alpha value is -1.60. The lowest BCUT2D eigenvalue weighted by molar-refractivity contribution is 0.0209. The van der Waals surface area contributed by atoms with Crippen LogP contribution in [0.15, 0.2) is 12.3 Å². The van der Waals surface area contributed by atoms with Gasteiger partial charge < -0.3 is 15.4 Å². The molecule has 1 aromatic rings. The maximum atomic E-state index is 11.6. The highest BCUT2D eigenvalue weighted by atomic mass is 16.5. The maximum absolute atomic E-state index is 11.6. The van der Waals surface area contributed by atoms with Gasteiger partial charge in [-0.15, -0.1) is 0 Å². The second-order valence-electron chi connectivity index (χ2n) is 4.64. The number of carbonyl (C=O) groups is 1. The third-order valence-corrected chi connectivity index (χ3v) is 3.22. The lowest BCUT2D eigenvalue weighted by Gasteiger charge is -2.32. The van der Waals surface area contributed by atoms with Crippen LogP contribution < -0.4 is 10.6 Å². The quantitative estimate of drug-likeness (QED) is 0.697. The summed E-state index contributed by atoms with van der Waals surface area (Å²) in [6.45, 7) is 6.61. The Labute approximate surface area is 112 Å². The number of carbonyl (C=O) groups excluding carboxylic acids is 1. The van der Waals surface area contributed by atoms with E-state index in [0.29, 0.717) is 19.1 Å². The average Bonchev–Trinajstić information content (AvgIpc) is 2.96. The zero-order chi connectivity index (χ0) is 13.5. The van der Waals surface area contributed by atoms with Crippen molar-refractivity contribution in [1.82, 2.24) is 25.7 Å². The standard InChI is InChI=1S/C12H21N5O2/c1-10(17-4-6-19-7-5-17)8-13-12(18)14-9-11-2-3-15-16-11/h2-3,10H,4-9H2,1H3,(H,15,16)(H2,13,14,18). The molecule has 1 fully saturated rings. The van der Waals surface area contributed by atoms with E-state index >= 15 is 0 Å². The van der Waals surface area contributed by atoms with Crippen LogP contribution in [0.2, 0.25) is 0 Å². The second kappa shape index (κ2) is 7.10. The third kappa shape index (κ3) is 4.53. The van der Waals surface area contributed by atoms with E-state index in [1.165, 1.54) is 0 Å². The molecule has 1 aliphatic rings. The highest BCUT2D eigenvalue weighted by Gasteiger charge is 2.17. The van der Waals surface area contributed by atoms with Gasteiger partial charge in [-0.2, -0.15) is 5.10 Å². The fourth-order valence-electron chi connectivity index (χ4n) is 2.01. The van der Waals surface area contributed by atoms with E-state index in [-0.39, 0.29) is 6.03 Å². The van der Waals surface area contributed by atoms with Gasteiger partial charge in [0, 0.05) is 31.9 Å². The molecule has 1 aliphatic heterocycles. The van der Waals surface area contributed by atoms with Crippen LogP contribution in [0.5, 0.6) is 0 Å². The van der Waals surface area contributed by atoms with Gasteiger partial charge in [-0.05, 0) is 13.0 Å². The number of hydrogen-bond acceptors (Lipinski definition) is 4. The van der Waals surface area contributed by atoms with Crippen molar-refractivity contribution >= 4 is 6.03 Å². The molecule has 0 spiro atoms. The lowest BCUT2D eigenvalue weighted by atomic mass is 10.2. The van der Waals surface area contributed by atoms with Gasteiger partial charge in [-0.1, -0.05) is 0 Å². The topological polar surface area (TPSA) is 82.3 Å². The molecule has 0 bridgehead atoms. The number of urea groups is 1. The summed E-state index contributed by atoms with van der Waals surface area (Å²) in [6, 6.07) is 1.99. The maximum Gasteiger partial charge on any atom is 0.315 e. The molecule has 1 saturated heterocycles. The van der Waals surface area contributed by atoms with Gasteiger partial charge in [0.25, 0.3) is 0 Å². The first kappa shape index (κ1) is 13.8. The Balaban J connectivity index is 1.62. The number of morpholine rings is 1. The van der Waals surface area contributed by atoms with E-state index in [1.54, 1.807) is 6.20 Å². The van der Waals surface area contributed by atoms with Crippen LogP contribution in [0, 0.1) is 0 Å². The van der Waals surface area contributed by atoms with E-state index in [1.807, 2.05) is 6.07 Å². The molecule has 2 amide bonds. The van der Waals surface area contributed by atoms with E-state index in [9.17, 15) is 4.79 Å². The summed E-state index contributed by atoms with van der Waals surface area (Å²) in [6.07, 6.45) is 1.66. The van der Waals surface area contributed by atoms with Crippen LogP contribution in [-0.4, -0.2) is 60.0 Å². The number of amides is 2. The zero-order valence-corrected chi connectivity index (χ0v) is 11.2. The molecular weight excluding hydrogens is 246 g/mol. The normalized spacial score (nSPS) is 17.9. The van der Waals surface area contributed by atoms with Crippen molar-refractivity contribution < 1.29 is 9.53 Å². The Morgan fingerprint density at radius 3 is 3.00 bits per heavy atom. The number of aromatic nitrogens is 2. The molecule has 106 valence electrons. The Morgan fingerprint density at radius 1 is 1.53 bits per heavy atom. The largest absolute Gasteiger partial charge is 0.379 e. The number of nitrogens with zero attached hydrogens (tertiary/aromatic N) is 2. The molecule has 0 radical (unpaired) electrons. The summed E-state index contributed by atoms with van der Waals surface area (Å²) < 4.78 is 5.30. The van der Waals surface area contributed by atoms with Gasteiger partial charge in [0.05, 0.1) is 25.5 Å². The van der Waals surface area contributed by atoms with Crippen molar-refractivity contribution in [2.75, 3.05) is 32.8 Å². The Kier molecular flexibility index (Phi) is 5.17. The van der Waals surface area contributed by atoms with Crippen molar-refractivity contribution in [3.63, 3.8) is 0 Å². The van der Waals surface area contributed by atoms with Crippen molar-refractivity contribution in [2.24, 2.45) is 0 Å². The van der Waals surface area contributed by atoms with Crippen LogP contribution in [0.25, 0.3) is 0 Å². The fourth-order valence-corrected chi connectivity index (χ4v) is 2.01. The van der Waals surface area contributed by atoms with E-state index in [0.717, 1.165) is 32.0 Å². The number of hydrogen-bond donors (Lipinski definition) is 3. The number of rotatable bonds is 5. The molecule has 1 aromatic heterocycles. The van der Waals surface area contributed by atoms with Crippen LogP contribution in [0.1, 0.15) is 12.6 Å². The van der Waals surface area contributed by atoms with Gasteiger partial charge in [0.15, 0.2) is 0 Å². The highest BCUT2D eigenvalue weighted by molar-refractivity contribution is 5.73. The van der Waals surface area contributed by atoms with E-state index in [2.05, 4.69) is 32.7 Å². The van der Waals surface area contributed by atoms with Crippen LogP contribution in [-0.2, 0) is 11.3 Å². The molecule has 1 atom stereocenters. The summed E-state index contributed by atoms with van der Waals surface area (Å²) in [5.74, 6) is 0. The molecular formula is C12H21N5O2. The van der Waals surface area contributed by atoms with E-state index in [4.69, 9.17) is 4.74 Å². The van der Waals surface area contributed by atoms with Crippen molar-refractivity contribution in [3.05, 3.63) is 18.0 Å². The minimum atomic E-state index is -0.158. The molecule has 0 aliphatic carbocycles. The molecule has 19 heavy (non-hydrogen) atoms. The fraction of sp³-hybridized carbons (Fsp3) is 0.667. The van der Waals surface area contributed by atoms with Gasteiger partial charge in [-0.3, -0.25) is 10.00 Å². The molecule has 1 unspecified atom stereocenters. The van der Waals surface area contributed by atoms with Gasteiger partial charge in [0.2, 0.25) is 0 Å². The van der Waals surface area contributed by atoms with Crippen molar-refractivity contribution in [1.29, 1.82) is 0 Å². The predicted molar refractivity (Wildman–Crippen MR) is 70.7 cm³/mol. The van der Waals surface area contributed by atoms with Crippen LogP contribution in [0.3, 0.4) is 0 Å². The van der Waals surface area contributed by atoms with Crippen LogP contribution >= 0.6 is 0 Å². The number of H-pyrrole nitrogens is 1. The summed E-state index contributed by atoms with van der Waals surface area (Å²) in [7, 11) is 0. The predicted octanol–water partition coefficient (Wildman–Crippen LogP) is -0.0704. The Bertz CT molecular complexity index is 375. The first-order chi connectivity index (χ1) is 9.25. The number of aromatic amines is 1. The van der Waals surface area contributed by atoms with Crippen molar-refractivity contribution in [2.45, 2.75) is 19.5 Å². The number of ether oxygens (including phenoxy) is 1. The van der Waals surface area contributed by atoms with Gasteiger partial charge in [0.1, 0.15) is 0 Å². The molecule has 0 aromatic carbocycles. The minimum absolute atomic E-state index is 0.158. The van der Waals surface area contributed by atoms with E-state index < -0.39 is 0 Å². The lowest BCUT2D eigenvalue weighted by Crippen LogP contribution is -2.48. The van der Waals surface area contributed by atoms with Gasteiger partial charge in [-0.25, -0.2) is 4.79 Å². The monoisotopic (exact) mass is 267 g/mol. The first-order valence-corrected chi connectivity index (χ1v) is 6.57. The number of nitrogens with one attached hydrogen (secondary N) is 3.